The van der Waals surface area contributed by atoms with Gasteiger partial charge in [-0.3, -0.25) is 0 Å². The van der Waals surface area contributed by atoms with Gasteiger partial charge in [0, 0.05) is 11.7 Å². The van der Waals surface area contributed by atoms with E-state index in [4.69, 9.17) is 0 Å². The van der Waals surface area contributed by atoms with Crippen LogP contribution < -0.4 is 0 Å². The minimum absolute atomic E-state index is 0.283. The first-order valence-corrected chi connectivity index (χ1v) is 6.75. The van der Waals surface area contributed by atoms with E-state index in [0.29, 0.717) is 4.91 Å². The van der Waals surface area contributed by atoms with Crippen molar-refractivity contribution in [1.29, 1.82) is 0 Å². The molecular weight excluding hydrogens is 208 g/mol. The number of benzene rings is 1. The third-order valence-electron chi connectivity index (χ3n) is 2.79. The van der Waals surface area contributed by atoms with Crippen molar-refractivity contribution in [3.63, 3.8) is 0 Å². The van der Waals surface area contributed by atoms with Gasteiger partial charge in [-0.25, -0.2) is 8.42 Å². The first kappa shape index (κ1) is 10.4. The number of hydrogen-bond acceptors (Lipinski definition) is 2. The molecule has 0 N–H and O–H groups in total. The lowest BCUT2D eigenvalue weighted by atomic mass is 10.0. The summed E-state index contributed by atoms with van der Waals surface area (Å²) in [5.74, 6) is 0. The van der Waals surface area contributed by atoms with E-state index in [2.05, 4.69) is 0 Å². The molecule has 80 valence electrons. The van der Waals surface area contributed by atoms with Crippen molar-refractivity contribution in [3.8, 4) is 0 Å². The quantitative estimate of drug-likeness (QED) is 0.770. The van der Waals surface area contributed by atoms with Gasteiger partial charge in [0.1, 0.15) is 0 Å². The molecule has 0 saturated heterocycles. The SMILES string of the molecule is CC1(C)C(c2ccccc2)=C1S(C)(=O)=O. The molecule has 0 unspecified atom stereocenters. The van der Waals surface area contributed by atoms with Crippen LogP contribution in [-0.2, 0) is 9.84 Å². The topological polar surface area (TPSA) is 34.1 Å². The number of sulfone groups is 1. The lowest BCUT2D eigenvalue weighted by Crippen LogP contribution is -2.01. The van der Waals surface area contributed by atoms with Gasteiger partial charge in [0.2, 0.25) is 0 Å². The van der Waals surface area contributed by atoms with Crippen LogP contribution in [0.3, 0.4) is 0 Å². The molecule has 0 spiro atoms. The van der Waals surface area contributed by atoms with Crippen molar-refractivity contribution in [1.82, 2.24) is 0 Å². The Kier molecular flexibility index (Phi) is 2.05. The lowest BCUT2D eigenvalue weighted by molar-refractivity contribution is 0.601. The van der Waals surface area contributed by atoms with Crippen LogP contribution in [0.4, 0.5) is 0 Å². The molecule has 2 nitrogen and oxygen atoms in total. The predicted octanol–water partition coefficient (Wildman–Crippen LogP) is 2.48. The highest BCUT2D eigenvalue weighted by molar-refractivity contribution is 7.95. The smallest absolute Gasteiger partial charge is 0.172 e. The molecule has 15 heavy (non-hydrogen) atoms. The van der Waals surface area contributed by atoms with Crippen LogP contribution >= 0.6 is 0 Å². The highest BCUT2D eigenvalue weighted by Gasteiger charge is 2.50. The Bertz CT molecular complexity index is 522. The third-order valence-corrected chi connectivity index (χ3v) is 4.25. The fourth-order valence-electron chi connectivity index (χ4n) is 2.18. The first-order valence-electron chi connectivity index (χ1n) is 4.86. The van der Waals surface area contributed by atoms with Crippen molar-refractivity contribution >= 4 is 15.4 Å². The average molecular weight is 222 g/mol. The van der Waals surface area contributed by atoms with E-state index in [-0.39, 0.29) is 5.41 Å². The summed E-state index contributed by atoms with van der Waals surface area (Å²) in [6.07, 6.45) is 1.28. The molecule has 1 aliphatic carbocycles. The molecule has 0 aliphatic heterocycles. The van der Waals surface area contributed by atoms with Gasteiger partial charge >= 0.3 is 0 Å². The first-order chi connectivity index (χ1) is 6.85. The molecule has 0 aromatic heterocycles. The van der Waals surface area contributed by atoms with E-state index in [1.165, 1.54) is 6.26 Å². The predicted molar refractivity (Wildman–Crippen MR) is 62.0 cm³/mol. The minimum atomic E-state index is -3.05. The number of allylic oxidation sites excluding steroid dienone is 2. The summed E-state index contributed by atoms with van der Waals surface area (Å²) >= 11 is 0. The molecule has 0 radical (unpaired) electrons. The summed E-state index contributed by atoms with van der Waals surface area (Å²) in [5, 5.41) is 0. The van der Waals surface area contributed by atoms with Gasteiger partial charge in [-0.2, -0.15) is 0 Å². The molecule has 1 aliphatic rings. The van der Waals surface area contributed by atoms with E-state index in [1.807, 2.05) is 44.2 Å². The van der Waals surface area contributed by atoms with Crippen LogP contribution in [0.1, 0.15) is 19.4 Å². The zero-order chi connectivity index (χ0) is 11.3. The number of rotatable bonds is 2. The fraction of sp³-hybridized carbons (Fsp3) is 0.333. The molecule has 1 aromatic rings. The van der Waals surface area contributed by atoms with Crippen LogP contribution in [0.5, 0.6) is 0 Å². The standard InChI is InChI=1S/C12H14O2S/c1-12(2)10(11(12)15(3,13)14)9-7-5-4-6-8-9/h4-8H,1-3H3. The van der Waals surface area contributed by atoms with E-state index in [9.17, 15) is 8.42 Å². The Morgan fingerprint density at radius 3 is 2.00 bits per heavy atom. The highest BCUT2D eigenvalue weighted by Crippen LogP contribution is 2.59. The molecule has 3 heteroatoms. The van der Waals surface area contributed by atoms with Gasteiger partial charge in [0.25, 0.3) is 0 Å². The molecule has 0 saturated carbocycles. The largest absolute Gasteiger partial charge is 0.224 e. The Labute approximate surface area is 90.6 Å². The van der Waals surface area contributed by atoms with Crippen LogP contribution in [-0.4, -0.2) is 14.7 Å². The van der Waals surface area contributed by atoms with Crippen molar-refractivity contribution in [3.05, 3.63) is 40.8 Å². The van der Waals surface area contributed by atoms with Gasteiger partial charge in [-0.1, -0.05) is 44.2 Å². The summed E-state index contributed by atoms with van der Waals surface area (Å²) in [7, 11) is -3.05. The fourth-order valence-corrected chi connectivity index (χ4v) is 3.90. The number of hydrogen-bond donors (Lipinski definition) is 0. The summed E-state index contributed by atoms with van der Waals surface area (Å²) in [4.78, 5) is 0.584. The van der Waals surface area contributed by atoms with Crippen molar-refractivity contribution in [2.24, 2.45) is 5.41 Å². The second kappa shape index (κ2) is 2.95. The zero-order valence-electron chi connectivity index (χ0n) is 9.11. The molecule has 0 amide bonds. The monoisotopic (exact) mass is 222 g/mol. The van der Waals surface area contributed by atoms with Crippen molar-refractivity contribution in [2.75, 3.05) is 6.26 Å². The average Bonchev–Trinajstić information content (AvgIpc) is 2.70. The zero-order valence-corrected chi connectivity index (χ0v) is 9.93. The normalized spacial score (nSPS) is 19.1. The highest BCUT2D eigenvalue weighted by atomic mass is 32.2. The molecule has 1 aromatic carbocycles. The maximum atomic E-state index is 11.5. The summed E-state index contributed by atoms with van der Waals surface area (Å²) in [5.41, 5.74) is 1.70. The Hall–Kier alpha value is -1.09. The maximum Gasteiger partial charge on any atom is 0.172 e. The molecule has 2 rings (SSSR count). The van der Waals surface area contributed by atoms with E-state index in [1.54, 1.807) is 0 Å². The van der Waals surface area contributed by atoms with Crippen LogP contribution in [0, 0.1) is 5.41 Å². The van der Waals surface area contributed by atoms with Crippen molar-refractivity contribution in [2.45, 2.75) is 13.8 Å². The molecule has 0 fully saturated rings. The van der Waals surface area contributed by atoms with Gasteiger partial charge in [-0.05, 0) is 11.1 Å². The summed E-state index contributed by atoms with van der Waals surface area (Å²) in [6, 6.07) is 9.69. The maximum absolute atomic E-state index is 11.5. The van der Waals surface area contributed by atoms with Gasteiger partial charge in [-0.15, -0.1) is 0 Å². The summed E-state index contributed by atoms with van der Waals surface area (Å²) in [6.45, 7) is 3.90. The van der Waals surface area contributed by atoms with Gasteiger partial charge < -0.3 is 0 Å². The van der Waals surface area contributed by atoms with Crippen LogP contribution in [0.2, 0.25) is 0 Å². The van der Waals surface area contributed by atoms with Gasteiger partial charge in [0.05, 0.1) is 4.91 Å². The Morgan fingerprint density at radius 2 is 1.60 bits per heavy atom. The van der Waals surface area contributed by atoms with E-state index >= 15 is 0 Å². The molecule has 0 heterocycles. The minimum Gasteiger partial charge on any atom is -0.224 e. The van der Waals surface area contributed by atoms with Crippen molar-refractivity contribution < 1.29 is 8.42 Å². The van der Waals surface area contributed by atoms with E-state index in [0.717, 1.165) is 11.1 Å². The molecule has 0 bridgehead atoms. The second-order valence-electron chi connectivity index (χ2n) is 4.47. The van der Waals surface area contributed by atoms with Crippen LogP contribution in [0.25, 0.3) is 5.57 Å². The summed E-state index contributed by atoms with van der Waals surface area (Å²) < 4.78 is 23.1. The third kappa shape index (κ3) is 1.61. The molecular formula is C12H14O2S. The molecule has 0 atom stereocenters. The van der Waals surface area contributed by atoms with E-state index < -0.39 is 9.84 Å². The Balaban J connectivity index is 2.53. The Morgan fingerprint density at radius 1 is 1.07 bits per heavy atom. The lowest BCUT2D eigenvalue weighted by Gasteiger charge is -2.04. The van der Waals surface area contributed by atoms with Crippen LogP contribution in [0.15, 0.2) is 35.2 Å². The van der Waals surface area contributed by atoms with Gasteiger partial charge in [0.15, 0.2) is 9.84 Å². The second-order valence-corrected chi connectivity index (χ2v) is 6.42.